The Morgan fingerprint density at radius 3 is 2.95 bits per heavy atom. The number of likely N-dealkylation sites (tertiary alicyclic amines) is 1. The van der Waals surface area contributed by atoms with Gasteiger partial charge < -0.3 is 4.90 Å². The fraction of sp³-hybridized carbons (Fsp3) is 0.267. The minimum Gasteiger partial charge on any atom is -0.331 e. The van der Waals surface area contributed by atoms with Gasteiger partial charge in [0.15, 0.2) is 0 Å². The molecule has 1 aliphatic rings. The largest absolute Gasteiger partial charge is 0.331 e. The molecule has 0 radical (unpaired) electrons. The third kappa shape index (κ3) is 2.65. The second-order valence-corrected chi connectivity index (χ2v) is 7.04. The van der Waals surface area contributed by atoms with Gasteiger partial charge in [-0.15, -0.1) is 11.3 Å². The number of benzene rings is 1. The van der Waals surface area contributed by atoms with E-state index < -0.39 is 0 Å². The zero-order chi connectivity index (χ0) is 14.1. The van der Waals surface area contributed by atoms with Crippen molar-refractivity contribution in [3.8, 4) is 0 Å². The first-order chi connectivity index (χ1) is 9.66. The number of carbonyl (C=O) groups excluding carboxylic acids is 1. The highest BCUT2D eigenvalue weighted by atomic mass is 79.9. The van der Waals surface area contributed by atoms with Crippen LogP contribution in [0.3, 0.4) is 0 Å². The predicted octanol–water partition coefficient (Wildman–Crippen LogP) is 5.14. The molecule has 20 heavy (non-hydrogen) atoms. The summed E-state index contributed by atoms with van der Waals surface area (Å²) >= 11 is 11.1. The van der Waals surface area contributed by atoms with E-state index in [1.165, 1.54) is 4.88 Å². The summed E-state index contributed by atoms with van der Waals surface area (Å²) in [6.45, 7) is 0.821. The van der Waals surface area contributed by atoms with Crippen molar-refractivity contribution in [3.05, 3.63) is 55.6 Å². The molecule has 1 aromatic heterocycles. The average molecular weight is 371 g/mol. The van der Waals surface area contributed by atoms with Gasteiger partial charge in [-0.2, -0.15) is 0 Å². The van der Waals surface area contributed by atoms with Crippen LogP contribution in [0.2, 0.25) is 5.02 Å². The smallest absolute Gasteiger partial charge is 0.254 e. The van der Waals surface area contributed by atoms with Crippen LogP contribution < -0.4 is 0 Å². The van der Waals surface area contributed by atoms with Crippen molar-refractivity contribution in [3.63, 3.8) is 0 Å². The molecule has 0 bridgehead atoms. The molecule has 1 fully saturated rings. The maximum Gasteiger partial charge on any atom is 0.254 e. The summed E-state index contributed by atoms with van der Waals surface area (Å²) in [6, 6.07) is 9.72. The molecule has 1 unspecified atom stereocenters. The third-order valence-electron chi connectivity index (χ3n) is 3.55. The van der Waals surface area contributed by atoms with Crippen molar-refractivity contribution in [1.82, 2.24) is 4.90 Å². The van der Waals surface area contributed by atoms with Crippen LogP contribution in [0.15, 0.2) is 40.2 Å². The van der Waals surface area contributed by atoms with Crippen LogP contribution in [0.1, 0.15) is 34.1 Å². The minimum absolute atomic E-state index is 0.0817. The molecular weight excluding hydrogens is 358 g/mol. The molecule has 0 spiro atoms. The van der Waals surface area contributed by atoms with Crippen molar-refractivity contribution < 1.29 is 4.79 Å². The maximum atomic E-state index is 12.7. The summed E-state index contributed by atoms with van der Waals surface area (Å²) < 4.78 is 0.761. The molecule has 0 saturated carbocycles. The number of hydrogen-bond acceptors (Lipinski definition) is 2. The van der Waals surface area contributed by atoms with Crippen LogP contribution in [0, 0.1) is 0 Å². The summed E-state index contributed by atoms with van der Waals surface area (Å²) in [7, 11) is 0. The third-order valence-corrected chi connectivity index (χ3v) is 5.74. The molecule has 0 N–H and O–H groups in total. The zero-order valence-electron chi connectivity index (χ0n) is 10.7. The lowest BCUT2D eigenvalue weighted by molar-refractivity contribution is 0.0738. The van der Waals surface area contributed by atoms with E-state index in [9.17, 15) is 4.79 Å². The maximum absolute atomic E-state index is 12.7. The van der Waals surface area contributed by atoms with Crippen LogP contribution >= 0.6 is 38.9 Å². The van der Waals surface area contributed by atoms with Crippen LogP contribution in [0.5, 0.6) is 0 Å². The van der Waals surface area contributed by atoms with E-state index in [0.29, 0.717) is 10.6 Å². The molecule has 2 aromatic rings. The van der Waals surface area contributed by atoms with Crippen LogP contribution in [0.4, 0.5) is 0 Å². The lowest BCUT2D eigenvalue weighted by Crippen LogP contribution is -2.30. The molecule has 2 heterocycles. The lowest BCUT2D eigenvalue weighted by Gasteiger charge is -2.24. The first kappa shape index (κ1) is 14.1. The first-order valence-corrected chi connectivity index (χ1v) is 8.51. The molecule has 3 rings (SSSR count). The average Bonchev–Trinajstić information content (AvgIpc) is 3.10. The van der Waals surface area contributed by atoms with Gasteiger partial charge in [0.1, 0.15) is 0 Å². The Morgan fingerprint density at radius 1 is 1.40 bits per heavy atom. The standard InChI is InChI=1S/C15H13BrClNOS/c16-11-9-10(5-6-12(11)17)15(19)18-7-1-3-13(18)14-4-2-8-20-14/h2,4-6,8-9,13H,1,3,7H2. The fourth-order valence-electron chi connectivity index (χ4n) is 2.58. The van der Waals surface area contributed by atoms with Gasteiger partial charge in [0.25, 0.3) is 5.91 Å². The molecule has 1 aromatic carbocycles. The van der Waals surface area contributed by atoms with Crippen molar-refractivity contribution in [2.45, 2.75) is 18.9 Å². The molecule has 2 nitrogen and oxygen atoms in total. The van der Waals surface area contributed by atoms with Crippen LogP contribution in [0.25, 0.3) is 0 Å². The van der Waals surface area contributed by atoms with E-state index >= 15 is 0 Å². The Morgan fingerprint density at radius 2 is 2.25 bits per heavy atom. The van der Waals surface area contributed by atoms with Crippen molar-refractivity contribution in [1.29, 1.82) is 0 Å². The summed E-state index contributed by atoms with van der Waals surface area (Å²) in [5.41, 5.74) is 0.685. The quantitative estimate of drug-likeness (QED) is 0.716. The number of halogens is 2. The number of hydrogen-bond donors (Lipinski definition) is 0. The highest BCUT2D eigenvalue weighted by Crippen LogP contribution is 2.36. The number of rotatable bonds is 2. The van der Waals surface area contributed by atoms with Gasteiger partial charge in [0.05, 0.1) is 11.1 Å². The number of nitrogens with zero attached hydrogens (tertiary/aromatic N) is 1. The second-order valence-electron chi connectivity index (χ2n) is 4.80. The lowest BCUT2D eigenvalue weighted by atomic mass is 10.1. The second kappa shape index (κ2) is 5.88. The first-order valence-electron chi connectivity index (χ1n) is 6.46. The molecule has 1 saturated heterocycles. The minimum atomic E-state index is 0.0817. The van der Waals surface area contributed by atoms with Crippen molar-refractivity contribution >= 4 is 44.8 Å². The van der Waals surface area contributed by atoms with Gasteiger partial charge in [0, 0.05) is 21.5 Å². The van der Waals surface area contributed by atoms with Gasteiger partial charge in [-0.25, -0.2) is 0 Å². The SMILES string of the molecule is O=C(c1ccc(Cl)c(Br)c1)N1CCCC1c1cccs1. The molecule has 1 atom stereocenters. The molecular formula is C15H13BrClNOS. The Bertz CT molecular complexity index is 629. The number of carbonyl (C=O) groups is 1. The Balaban J connectivity index is 1.87. The highest BCUT2D eigenvalue weighted by Gasteiger charge is 2.31. The normalized spacial score (nSPS) is 18.5. The van der Waals surface area contributed by atoms with Gasteiger partial charge in [-0.05, 0) is 58.4 Å². The van der Waals surface area contributed by atoms with Crippen molar-refractivity contribution in [2.24, 2.45) is 0 Å². The van der Waals surface area contributed by atoms with Gasteiger partial charge in [0.2, 0.25) is 0 Å². The monoisotopic (exact) mass is 369 g/mol. The zero-order valence-corrected chi connectivity index (χ0v) is 13.8. The van der Waals surface area contributed by atoms with E-state index in [4.69, 9.17) is 11.6 Å². The van der Waals surface area contributed by atoms with E-state index in [-0.39, 0.29) is 11.9 Å². The van der Waals surface area contributed by atoms with Crippen LogP contribution in [-0.2, 0) is 0 Å². The van der Waals surface area contributed by atoms with E-state index in [2.05, 4.69) is 27.4 Å². The number of amides is 1. The summed E-state index contributed by atoms with van der Waals surface area (Å²) in [5, 5.41) is 2.69. The highest BCUT2D eigenvalue weighted by molar-refractivity contribution is 9.10. The topological polar surface area (TPSA) is 20.3 Å². The molecule has 104 valence electrons. The van der Waals surface area contributed by atoms with Crippen molar-refractivity contribution in [2.75, 3.05) is 6.54 Å². The van der Waals surface area contributed by atoms with Crippen LogP contribution in [-0.4, -0.2) is 17.4 Å². The van der Waals surface area contributed by atoms with Gasteiger partial charge >= 0.3 is 0 Å². The fourth-order valence-corrected chi connectivity index (χ4v) is 3.95. The Kier molecular flexibility index (Phi) is 4.15. The summed E-state index contributed by atoms with van der Waals surface area (Å²) in [5.74, 6) is 0.0817. The Hall–Kier alpha value is -0.840. The molecule has 1 amide bonds. The summed E-state index contributed by atoms with van der Waals surface area (Å²) in [4.78, 5) is 15.9. The Labute approximate surface area is 135 Å². The summed E-state index contributed by atoms with van der Waals surface area (Å²) in [6.07, 6.45) is 2.10. The molecule has 0 aliphatic carbocycles. The molecule has 5 heteroatoms. The van der Waals surface area contributed by atoms with Gasteiger partial charge in [-0.3, -0.25) is 4.79 Å². The van der Waals surface area contributed by atoms with E-state index in [1.807, 2.05) is 11.0 Å². The molecule has 1 aliphatic heterocycles. The number of thiophene rings is 1. The van der Waals surface area contributed by atoms with E-state index in [0.717, 1.165) is 23.9 Å². The van der Waals surface area contributed by atoms with Gasteiger partial charge in [-0.1, -0.05) is 17.7 Å². The predicted molar refractivity (Wildman–Crippen MR) is 86.5 cm³/mol. The van der Waals surface area contributed by atoms with E-state index in [1.54, 1.807) is 29.5 Å².